The van der Waals surface area contributed by atoms with Crippen LogP contribution >= 0.6 is 0 Å². The van der Waals surface area contributed by atoms with Crippen molar-refractivity contribution in [3.05, 3.63) is 0 Å². The van der Waals surface area contributed by atoms with E-state index in [1.807, 2.05) is 0 Å². The fourth-order valence-electron chi connectivity index (χ4n) is 2.88. The smallest absolute Gasteiger partial charge is 0.0800 e. The van der Waals surface area contributed by atoms with Crippen molar-refractivity contribution in [1.82, 2.24) is 0 Å². The molecule has 0 aliphatic heterocycles. The quantitative estimate of drug-likeness (QED) is 0.344. The average molecular weight is 317 g/mol. The highest BCUT2D eigenvalue weighted by atomic mass is 16.3. The van der Waals surface area contributed by atoms with E-state index in [-0.39, 0.29) is 6.61 Å². The molecule has 0 fully saturated rings. The number of aliphatic hydroxyl groups is 3. The van der Waals surface area contributed by atoms with Crippen LogP contribution in [0.5, 0.6) is 0 Å². The van der Waals surface area contributed by atoms with Gasteiger partial charge in [0.25, 0.3) is 0 Å². The standard InChI is InChI=1S/C19H40O3/c1-2-3-4-5-6-7-8-9-10-11-12-13-15-18(21)19(22)16-14-17-20/h18-22H,2-17H2,1H3. The molecule has 0 aromatic rings. The van der Waals surface area contributed by atoms with E-state index in [0.29, 0.717) is 19.3 Å². The molecule has 22 heavy (non-hydrogen) atoms. The Hall–Kier alpha value is -0.120. The summed E-state index contributed by atoms with van der Waals surface area (Å²) in [6.45, 7) is 2.34. The van der Waals surface area contributed by atoms with Crippen molar-refractivity contribution >= 4 is 0 Å². The fourth-order valence-corrected chi connectivity index (χ4v) is 2.88. The van der Waals surface area contributed by atoms with Crippen molar-refractivity contribution in [1.29, 1.82) is 0 Å². The van der Waals surface area contributed by atoms with Gasteiger partial charge >= 0.3 is 0 Å². The van der Waals surface area contributed by atoms with Gasteiger partial charge in [0.15, 0.2) is 0 Å². The third-order valence-corrected chi connectivity index (χ3v) is 4.46. The van der Waals surface area contributed by atoms with Crippen molar-refractivity contribution < 1.29 is 15.3 Å². The van der Waals surface area contributed by atoms with Gasteiger partial charge in [0.1, 0.15) is 0 Å². The predicted molar refractivity (Wildman–Crippen MR) is 94.0 cm³/mol. The van der Waals surface area contributed by atoms with Gasteiger partial charge in [-0.3, -0.25) is 0 Å². The first-order valence-corrected chi connectivity index (χ1v) is 9.69. The van der Waals surface area contributed by atoms with Crippen molar-refractivity contribution in [2.24, 2.45) is 0 Å². The van der Waals surface area contributed by atoms with E-state index < -0.39 is 12.2 Å². The van der Waals surface area contributed by atoms with Crippen LogP contribution in [0.25, 0.3) is 0 Å². The van der Waals surface area contributed by atoms with Gasteiger partial charge in [0.2, 0.25) is 0 Å². The molecule has 2 atom stereocenters. The van der Waals surface area contributed by atoms with Crippen LogP contribution in [0.3, 0.4) is 0 Å². The number of unbranched alkanes of at least 4 members (excludes halogenated alkanes) is 11. The van der Waals surface area contributed by atoms with Gasteiger partial charge in [-0.1, -0.05) is 84.0 Å². The summed E-state index contributed by atoms with van der Waals surface area (Å²) in [5.74, 6) is 0. The van der Waals surface area contributed by atoms with Gasteiger partial charge < -0.3 is 15.3 Å². The lowest BCUT2D eigenvalue weighted by molar-refractivity contribution is 0.00522. The van der Waals surface area contributed by atoms with Gasteiger partial charge in [-0.05, 0) is 19.3 Å². The fraction of sp³-hybridized carbons (Fsp3) is 1.00. The summed E-state index contributed by atoms with van der Waals surface area (Å²) in [4.78, 5) is 0. The van der Waals surface area contributed by atoms with E-state index in [0.717, 1.165) is 12.8 Å². The van der Waals surface area contributed by atoms with Gasteiger partial charge in [-0.2, -0.15) is 0 Å². The molecule has 0 aliphatic rings. The summed E-state index contributed by atoms with van der Waals surface area (Å²) >= 11 is 0. The van der Waals surface area contributed by atoms with Gasteiger partial charge in [-0.25, -0.2) is 0 Å². The Morgan fingerprint density at radius 1 is 0.545 bits per heavy atom. The van der Waals surface area contributed by atoms with E-state index in [2.05, 4.69) is 6.92 Å². The molecule has 3 heteroatoms. The number of hydrogen-bond donors (Lipinski definition) is 3. The monoisotopic (exact) mass is 316 g/mol. The molecule has 0 saturated heterocycles. The predicted octanol–water partition coefficient (Wildman–Crippen LogP) is 4.57. The molecule has 3 nitrogen and oxygen atoms in total. The molecule has 0 bridgehead atoms. The minimum absolute atomic E-state index is 0.0857. The summed E-state index contributed by atoms with van der Waals surface area (Å²) < 4.78 is 0. The van der Waals surface area contributed by atoms with Crippen LogP contribution in [0.15, 0.2) is 0 Å². The summed E-state index contributed by atoms with van der Waals surface area (Å²) in [5.41, 5.74) is 0. The molecule has 0 spiro atoms. The molecular weight excluding hydrogens is 276 g/mol. The second kappa shape index (κ2) is 17.2. The zero-order valence-electron chi connectivity index (χ0n) is 14.8. The van der Waals surface area contributed by atoms with Crippen LogP contribution in [0.4, 0.5) is 0 Å². The topological polar surface area (TPSA) is 60.7 Å². The second-order valence-corrected chi connectivity index (χ2v) is 6.68. The zero-order valence-corrected chi connectivity index (χ0v) is 14.8. The molecular formula is C19H40O3. The van der Waals surface area contributed by atoms with Crippen LogP contribution in [0.1, 0.15) is 103 Å². The molecule has 0 radical (unpaired) electrons. The minimum atomic E-state index is -0.667. The maximum atomic E-state index is 9.77. The van der Waals surface area contributed by atoms with Crippen molar-refractivity contribution in [3.8, 4) is 0 Å². The lowest BCUT2D eigenvalue weighted by Gasteiger charge is -2.17. The summed E-state index contributed by atoms with van der Waals surface area (Å²) in [6, 6.07) is 0. The Morgan fingerprint density at radius 3 is 1.32 bits per heavy atom. The lowest BCUT2D eigenvalue weighted by atomic mass is 10.0. The molecule has 0 rings (SSSR count). The van der Waals surface area contributed by atoms with Crippen LogP contribution in [0, 0.1) is 0 Å². The van der Waals surface area contributed by atoms with E-state index >= 15 is 0 Å². The molecule has 0 aromatic carbocycles. The first-order valence-electron chi connectivity index (χ1n) is 9.69. The largest absolute Gasteiger partial charge is 0.396 e. The van der Waals surface area contributed by atoms with Crippen molar-refractivity contribution in [3.63, 3.8) is 0 Å². The molecule has 2 unspecified atom stereocenters. The van der Waals surface area contributed by atoms with Crippen LogP contribution in [0.2, 0.25) is 0 Å². The Bertz CT molecular complexity index is 209. The summed E-state index contributed by atoms with van der Waals surface area (Å²) in [6.07, 6.45) is 16.2. The van der Waals surface area contributed by atoms with Crippen molar-refractivity contribution in [2.45, 2.75) is 115 Å². The maximum Gasteiger partial charge on any atom is 0.0800 e. The van der Waals surface area contributed by atoms with E-state index in [1.165, 1.54) is 64.2 Å². The second-order valence-electron chi connectivity index (χ2n) is 6.68. The highest BCUT2D eigenvalue weighted by molar-refractivity contribution is 4.67. The molecule has 0 saturated carbocycles. The molecule has 0 heterocycles. The first-order chi connectivity index (χ1) is 10.7. The highest BCUT2D eigenvalue weighted by Gasteiger charge is 2.14. The van der Waals surface area contributed by atoms with Gasteiger partial charge in [0, 0.05) is 6.61 Å². The third-order valence-electron chi connectivity index (χ3n) is 4.46. The van der Waals surface area contributed by atoms with Crippen molar-refractivity contribution in [2.75, 3.05) is 6.61 Å². The summed E-state index contributed by atoms with van der Waals surface area (Å²) in [7, 11) is 0. The third kappa shape index (κ3) is 14.8. The normalized spacial score (nSPS) is 14.2. The Balaban J connectivity index is 3.19. The molecule has 0 amide bonds. The zero-order chi connectivity index (χ0) is 16.5. The number of aliphatic hydroxyl groups excluding tert-OH is 3. The van der Waals surface area contributed by atoms with E-state index in [1.54, 1.807) is 0 Å². The molecule has 0 aliphatic carbocycles. The number of hydrogen-bond acceptors (Lipinski definition) is 3. The molecule has 134 valence electrons. The SMILES string of the molecule is CCCCCCCCCCCCCCC(O)C(O)CCCO. The minimum Gasteiger partial charge on any atom is -0.396 e. The first kappa shape index (κ1) is 21.9. The number of rotatable bonds is 17. The van der Waals surface area contributed by atoms with Gasteiger partial charge in [0.05, 0.1) is 12.2 Å². The molecule has 0 aromatic heterocycles. The van der Waals surface area contributed by atoms with E-state index in [9.17, 15) is 10.2 Å². The maximum absolute atomic E-state index is 9.77. The Kier molecular flexibility index (Phi) is 17.1. The highest BCUT2D eigenvalue weighted by Crippen LogP contribution is 2.14. The lowest BCUT2D eigenvalue weighted by Crippen LogP contribution is -2.25. The Labute approximate surface area is 138 Å². The van der Waals surface area contributed by atoms with Crippen LogP contribution in [-0.2, 0) is 0 Å². The summed E-state index contributed by atoms with van der Waals surface area (Å²) in [5, 5.41) is 28.1. The van der Waals surface area contributed by atoms with Crippen LogP contribution < -0.4 is 0 Å². The van der Waals surface area contributed by atoms with E-state index in [4.69, 9.17) is 5.11 Å². The van der Waals surface area contributed by atoms with Crippen LogP contribution in [-0.4, -0.2) is 34.1 Å². The molecule has 3 N–H and O–H groups in total. The van der Waals surface area contributed by atoms with Gasteiger partial charge in [-0.15, -0.1) is 0 Å². The Morgan fingerprint density at radius 2 is 0.909 bits per heavy atom. The average Bonchev–Trinajstić information content (AvgIpc) is 2.53.